The first-order valence-electron chi connectivity index (χ1n) is 8.63. The number of amides is 1. The van der Waals surface area contributed by atoms with Crippen LogP contribution in [0.1, 0.15) is 15.2 Å². The molecule has 8 heteroatoms. The van der Waals surface area contributed by atoms with Gasteiger partial charge in [-0.25, -0.2) is 13.1 Å². The Morgan fingerprint density at radius 1 is 0.964 bits per heavy atom. The van der Waals surface area contributed by atoms with Crippen molar-refractivity contribution in [2.75, 3.05) is 12.3 Å². The molecule has 2 aromatic carbocycles. The van der Waals surface area contributed by atoms with Crippen molar-refractivity contribution in [1.82, 2.24) is 10.0 Å². The minimum Gasteiger partial charge on any atom is -0.351 e. The van der Waals surface area contributed by atoms with E-state index in [-0.39, 0.29) is 17.3 Å². The maximum atomic E-state index is 12.3. The maximum absolute atomic E-state index is 12.3. The van der Waals surface area contributed by atoms with E-state index >= 15 is 0 Å². The van der Waals surface area contributed by atoms with E-state index in [4.69, 9.17) is 0 Å². The molecular weight excluding hydrogens is 412 g/mol. The summed E-state index contributed by atoms with van der Waals surface area (Å²) < 4.78 is 27.3. The first-order chi connectivity index (χ1) is 13.5. The Morgan fingerprint density at radius 2 is 1.71 bits per heavy atom. The number of rotatable bonds is 9. The molecule has 1 aromatic heterocycles. The Kier molecular flexibility index (Phi) is 7.27. The highest BCUT2D eigenvalue weighted by atomic mass is 32.2. The predicted molar refractivity (Wildman–Crippen MR) is 114 cm³/mol. The van der Waals surface area contributed by atoms with Crippen LogP contribution in [-0.2, 0) is 16.6 Å². The molecule has 0 atom stereocenters. The molecule has 5 nitrogen and oxygen atoms in total. The molecule has 3 rings (SSSR count). The fourth-order valence-electron chi connectivity index (χ4n) is 2.40. The summed E-state index contributed by atoms with van der Waals surface area (Å²) in [7, 11) is -3.61. The van der Waals surface area contributed by atoms with E-state index in [9.17, 15) is 13.2 Å². The molecule has 0 unspecified atom stereocenters. The molecule has 0 aliphatic heterocycles. The Labute approximate surface area is 173 Å². The molecule has 3 aromatic rings. The van der Waals surface area contributed by atoms with Crippen molar-refractivity contribution >= 4 is 39.0 Å². The van der Waals surface area contributed by atoms with Crippen LogP contribution >= 0.6 is 23.1 Å². The molecule has 28 heavy (non-hydrogen) atoms. The minimum atomic E-state index is -3.61. The van der Waals surface area contributed by atoms with Gasteiger partial charge in [-0.05, 0) is 47.8 Å². The zero-order valence-corrected chi connectivity index (χ0v) is 17.4. The molecule has 2 N–H and O–H groups in total. The second-order valence-corrected chi connectivity index (χ2v) is 9.81. The molecule has 0 radical (unpaired) electrons. The van der Waals surface area contributed by atoms with Crippen LogP contribution in [0.15, 0.2) is 81.9 Å². The van der Waals surface area contributed by atoms with E-state index in [2.05, 4.69) is 10.0 Å². The van der Waals surface area contributed by atoms with Crippen molar-refractivity contribution in [3.05, 3.63) is 82.6 Å². The summed E-state index contributed by atoms with van der Waals surface area (Å²) >= 11 is 3.16. The number of benzene rings is 2. The average molecular weight is 433 g/mol. The van der Waals surface area contributed by atoms with Gasteiger partial charge in [0.05, 0.1) is 4.90 Å². The summed E-state index contributed by atoms with van der Waals surface area (Å²) in [5.41, 5.74) is 0.432. The highest BCUT2D eigenvalue weighted by molar-refractivity contribution is 7.99. The first-order valence-corrected chi connectivity index (χ1v) is 12.0. The van der Waals surface area contributed by atoms with Gasteiger partial charge in [0.25, 0.3) is 5.91 Å². The van der Waals surface area contributed by atoms with Crippen LogP contribution in [-0.4, -0.2) is 26.6 Å². The van der Waals surface area contributed by atoms with Gasteiger partial charge in [0, 0.05) is 34.2 Å². The number of thioether (sulfide) groups is 1. The number of nitrogens with one attached hydrogen (secondary N) is 2. The summed E-state index contributed by atoms with van der Waals surface area (Å²) in [4.78, 5) is 14.4. The molecular formula is C20H20N2O3S3. The molecule has 0 saturated carbocycles. The Morgan fingerprint density at radius 3 is 2.39 bits per heavy atom. The number of thiophene rings is 1. The monoisotopic (exact) mass is 432 g/mol. The van der Waals surface area contributed by atoms with Crippen molar-refractivity contribution in [3.8, 4) is 0 Å². The first kappa shape index (κ1) is 20.6. The third-order valence-electron chi connectivity index (χ3n) is 3.84. The quantitative estimate of drug-likeness (QED) is 0.399. The lowest BCUT2D eigenvalue weighted by Crippen LogP contribution is -2.26. The second kappa shape index (κ2) is 9.88. The molecule has 0 bridgehead atoms. The zero-order valence-electron chi connectivity index (χ0n) is 15.0. The molecule has 0 aliphatic rings. The van der Waals surface area contributed by atoms with E-state index in [1.807, 2.05) is 47.8 Å². The van der Waals surface area contributed by atoms with Crippen molar-refractivity contribution < 1.29 is 13.2 Å². The average Bonchev–Trinajstić information content (AvgIpc) is 3.24. The van der Waals surface area contributed by atoms with Crippen molar-refractivity contribution in [3.63, 3.8) is 0 Å². The molecule has 0 spiro atoms. The molecule has 0 fully saturated rings. The normalized spacial score (nSPS) is 11.3. The third-order valence-corrected chi connectivity index (χ3v) is 7.15. The maximum Gasteiger partial charge on any atom is 0.251 e. The highest BCUT2D eigenvalue weighted by Crippen LogP contribution is 2.16. The summed E-state index contributed by atoms with van der Waals surface area (Å²) in [6.07, 6.45) is 0. The summed E-state index contributed by atoms with van der Waals surface area (Å²) in [5, 5.41) is 4.75. The third kappa shape index (κ3) is 5.93. The zero-order chi connectivity index (χ0) is 19.8. The fraction of sp³-hybridized carbons (Fsp3) is 0.150. The molecule has 146 valence electrons. The number of hydrogen-bond donors (Lipinski definition) is 2. The lowest BCUT2D eigenvalue weighted by Gasteiger charge is -2.08. The van der Waals surface area contributed by atoms with E-state index in [1.165, 1.54) is 35.6 Å². The van der Waals surface area contributed by atoms with Gasteiger partial charge in [-0.2, -0.15) is 0 Å². The van der Waals surface area contributed by atoms with Crippen molar-refractivity contribution in [2.45, 2.75) is 16.3 Å². The van der Waals surface area contributed by atoms with Gasteiger partial charge in [-0.1, -0.05) is 24.3 Å². The number of carbonyl (C=O) groups excluding carboxylic acids is 1. The summed E-state index contributed by atoms with van der Waals surface area (Å²) in [5.74, 6) is 0.540. The lowest BCUT2D eigenvalue weighted by atomic mass is 10.2. The van der Waals surface area contributed by atoms with Crippen LogP contribution in [0.4, 0.5) is 0 Å². The van der Waals surface area contributed by atoms with Crippen LogP contribution < -0.4 is 10.0 Å². The number of sulfonamides is 1. The van der Waals surface area contributed by atoms with Crippen LogP contribution in [0, 0.1) is 0 Å². The van der Waals surface area contributed by atoms with E-state index in [1.54, 1.807) is 11.8 Å². The molecule has 1 heterocycles. The van der Waals surface area contributed by atoms with Gasteiger partial charge in [-0.3, -0.25) is 4.79 Å². The Hall–Kier alpha value is -2.13. The largest absolute Gasteiger partial charge is 0.351 e. The van der Waals surface area contributed by atoms with Crippen LogP contribution in [0.3, 0.4) is 0 Å². The van der Waals surface area contributed by atoms with Crippen LogP contribution in [0.25, 0.3) is 0 Å². The molecule has 1 amide bonds. The standard InChI is InChI=1S/C20H20N2O3S3/c23-20(21-12-14-27-17-5-2-1-3-6-17)16-8-10-19(11-9-16)28(24,25)22-15-18-7-4-13-26-18/h1-11,13,22H,12,14-15H2,(H,21,23). The summed E-state index contributed by atoms with van der Waals surface area (Å²) in [6, 6.07) is 19.7. The highest BCUT2D eigenvalue weighted by Gasteiger charge is 2.15. The van der Waals surface area contributed by atoms with Gasteiger partial charge >= 0.3 is 0 Å². The van der Waals surface area contributed by atoms with Gasteiger partial charge < -0.3 is 5.32 Å². The number of carbonyl (C=O) groups is 1. The molecule has 0 aliphatic carbocycles. The van der Waals surface area contributed by atoms with Crippen molar-refractivity contribution in [1.29, 1.82) is 0 Å². The predicted octanol–water partition coefficient (Wildman–Crippen LogP) is 3.75. The topological polar surface area (TPSA) is 75.3 Å². The lowest BCUT2D eigenvalue weighted by molar-refractivity contribution is 0.0956. The fourth-order valence-corrected chi connectivity index (χ4v) is 4.93. The number of hydrogen-bond acceptors (Lipinski definition) is 5. The second-order valence-electron chi connectivity index (χ2n) is 5.85. The van der Waals surface area contributed by atoms with E-state index in [0.29, 0.717) is 12.1 Å². The van der Waals surface area contributed by atoms with E-state index in [0.717, 1.165) is 15.5 Å². The molecule has 0 saturated heterocycles. The van der Waals surface area contributed by atoms with Crippen LogP contribution in [0.2, 0.25) is 0 Å². The summed E-state index contributed by atoms with van der Waals surface area (Å²) in [6.45, 7) is 0.780. The Bertz CT molecular complexity index is 987. The van der Waals surface area contributed by atoms with Gasteiger partial charge in [-0.15, -0.1) is 23.1 Å². The van der Waals surface area contributed by atoms with Gasteiger partial charge in [0.15, 0.2) is 0 Å². The van der Waals surface area contributed by atoms with Crippen molar-refractivity contribution in [2.24, 2.45) is 0 Å². The van der Waals surface area contributed by atoms with Gasteiger partial charge in [0.1, 0.15) is 0 Å². The smallest absolute Gasteiger partial charge is 0.251 e. The van der Waals surface area contributed by atoms with Crippen LogP contribution in [0.5, 0.6) is 0 Å². The minimum absolute atomic E-state index is 0.139. The van der Waals surface area contributed by atoms with Gasteiger partial charge in [0.2, 0.25) is 10.0 Å². The van der Waals surface area contributed by atoms with E-state index < -0.39 is 10.0 Å². The Balaban J connectivity index is 1.49. The SMILES string of the molecule is O=C(NCCSc1ccccc1)c1ccc(S(=O)(=O)NCc2cccs2)cc1.